The Kier molecular flexibility index (Phi) is 2.55. The molecule has 76 valence electrons. The van der Waals surface area contributed by atoms with Crippen LogP contribution in [0.5, 0.6) is 0 Å². The second-order valence-electron chi connectivity index (χ2n) is 4.96. The van der Waals surface area contributed by atoms with Gasteiger partial charge in [0.1, 0.15) is 6.61 Å². The molecule has 1 atom stereocenters. The van der Waals surface area contributed by atoms with Crippen LogP contribution < -0.4 is 0 Å². The molecule has 0 aromatic heterocycles. The van der Waals surface area contributed by atoms with Crippen molar-refractivity contribution in [2.45, 2.75) is 46.7 Å². The van der Waals surface area contributed by atoms with E-state index in [1.165, 1.54) is 0 Å². The number of hydrogen-bond acceptors (Lipinski definition) is 2. The third-order valence-corrected chi connectivity index (χ3v) is 2.47. The summed E-state index contributed by atoms with van der Waals surface area (Å²) in [5.74, 6) is 0. The molecule has 0 N–H and O–H groups in total. The fourth-order valence-corrected chi connectivity index (χ4v) is 1.67. The maximum absolute atomic E-state index is 11.4. The second kappa shape index (κ2) is 3.20. The van der Waals surface area contributed by atoms with E-state index in [9.17, 15) is 4.79 Å². The van der Waals surface area contributed by atoms with E-state index >= 15 is 0 Å². The van der Waals surface area contributed by atoms with Gasteiger partial charge in [0.05, 0.1) is 6.04 Å². The Morgan fingerprint density at radius 1 is 1.46 bits per heavy atom. The first-order valence-electron chi connectivity index (χ1n) is 4.79. The quantitative estimate of drug-likeness (QED) is 0.627. The van der Waals surface area contributed by atoms with E-state index in [2.05, 4.69) is 20.8 Å². The van der Waals surface area contributed by atoms with Gasteiger partial charge in [-0.3, -0.25) is 4.90 Å². The largest absolute Gasteiger partial charge is 0.447 e. The number of cyclic esters (lactones) is 1. The number of amides is 1. The van der Waals surface area contributed by atoms with Crippen LogP contribution in [0.15, 0.2) is 0 Å². The Morgan fingerprint density at radius 2 is 2.00 bits per heavy atom. The van der Waals surface area contributed by atoms with Crippen molar-refractivity contribution in [2.24, 2.45) is 5.41 Å². The zero-order chi connectivity index (χ0) is 10.2. The Hall–Kier alpha value is -0.730. The highest BCUT2D eigenvalue weighted by molar-refractivity contribution is 5.70. The van der Waals surface area contributed by atoms with Crippen LogP contribution in [-0.4, -0.2) is 29.7 Å². The van der Waals surface area contributed by atoms with Crippen molar-refractivity contribution in [1.29, 1.82) is 0 Å². The average molecular weight is 185 g/mol. The standard InChI is InChI=1S/C10H19NO2/c1-7(2)11-8(10(3,4)5)6-13-9(11)12/h7-8H,6H2,1-5H3/t8-/m1/s1. The van der Waals surface area contributed by atoms with Gasteiger partial charge in [-0.2, -0.15) is 0 Å². The van der Waals surface area contributed by atoms with Crippen molar-refractivity contribution in [2.75, 3.05) is 6.61 Å². The molecule has 0 unspecified atom stereocenters. The summed E-state index contributed by atoms with van der Waals surface area (Å²) >= 11 is 0. The maximum Gasteiger partial charge on any atom is 0.410 e. The predicted molar refractivity (Wildman–Crippen MR) is 51.6 cm³/mol. The van der Waals surface area contributed by atoms with Crippen LogP contribution in [0, 0.1) is 5.41 Å². The molecule has 3 nitrogen and oxygen atoms in total. The van der Waals surface area contributed by atoms with Gasteiger partial charge < -0.3 is 4.74 Å². The van der Waals surface area contributed by atoms with Gasteiger partial charge in [-0.25, -0.2) is 4.79 Å². The molecule has 1 amide bonds. The Morgan fingerprint density at radius 3 is 2.31 bits per heavy atom. The second-order valence-corrected chi connectivity index (χ2v) is 4.96. The summed E-state index contributed by atoms with van der Waals surface area (Å²) in [4.78, 5) is 13.2. The first-order valence-corrected chi connectivity index (χ1v) is 4.79. The van der Waals surface area contributed by atoms with Crippen LogP contribution in [-0.2, 0) is 4.74 Å². The van der Waals surface area contributed by atoms with Crippen LogP contribution in [0.4, 0.5) is 4.79 Å². The molecule has 3 heteroatoms. The van der Waals surface area contributed by atoms with E-state index in [4.69, 9.17) is 4.74 Å². The number of carbonyl (C=O) groups excluding carboxylic acids is 1. The summed E-state index contributed by atoms with van der Waals surface area (Å²) in [5.41, 5.74) is 0.0937. The van der Waals surface area contributed by atoms with Gasteiger partial charge in [-0.1, -0.05) is 20.8 Å². The van der Waals surface area contributed by atoms with Crippen molar-refractivity contribution >= 4 is 6.09 Å². The summed E-state index contributed by atoms with van der Waals surface area (Å²) in [6.07, 6.45) is -0.171. The molecule has 0 bridgehead atoms. The fraction of sp³-hybridized carbons (Fsp3) is 0.900. The predicted octanol–water partition coefficient (Wildman–Crippen LogP) is 2.26. The van der Waals surface area contributed by atoms with Gasteiger partial charge in [0.2, 0.25) is 0 Å². The first kappa shape index (κ1) is 10.4. The molecule has 1 aliphatic rings. The lowest BCUT2D eigenvalue weighted by atomic mass is 9.86. The summed E-state index contributed by atoms with van der Waals surface area (Å²) in [6.45, 7) is 11.0. The van der Waals surface area contributed by atoms with Crippen LogP contribution in [0.25, 0.3) is 0 Å². The van der Waals surface area contributed by atoms with Gasteiger partial charge in [0.25, 0.3) is 0 Å². The smallest absolute Gasteiger partial charge is 0.410 e. The highest BCUT2D eigenvalue weighted by Crippen LogP contribution is 2.30. The molecular formula is C10H19NO2. The van der Waals surface area contributed by atoms with E-state index in [1.807, 2.05) is 18.7 Å². The normalized spacial score (nSPS) is 24.0. The highest BCUT2D eigenvalue weighted by Gasteiger charge is 2.41. The van der Waals surface area contributed by atoms with Crippen LogP contribution in [0.3, 0.4) is 0 Å². The van der Waals surface area contributed by atoms with Gasteiger partial charge in [-0.05, 0) is 19.3 Å². The molecule has 1 heterocycles. The number of rotatable bonds is 1. The maximum atomic E-state index is 11.4. The third-order valence-electron chi connectivity index (χ3n) is 2.47. The SMILES string of the molecule is CC(C)N1C(=O)OC[C@@H]1C(C)(C)C. The topological polar surface area (TPSA) is 29.5 Å². The fourth-order valence-electron chi connectivity index (χ4n) is 1.67. The zero-order valence-electron chi connectivity index (χ0n) is 9.13. The van der Waals surface area contributed by atoms with E-state index in [1.54, 1.807) is 0 Å². The van der Waals surface area contributed by atoms with Gasteiger partial charge in [-0.15, -0.1) is 0 Å². The van der Waals surface area contributed by atoms with E-state index < -0.39 is 0 Å². The number of carbonyl (C=O) groups is 1. The highest BCUT2D eigenvalue weighted by atomic mass is 16.6. The molecule has 1 aliphatic heterocycles. The first-order chi connectivity index (χ1) is 5.84. The molecule has 1 saturated heterocycles. The summed E-state index contributed by atoms with van der Waals surface area (Å²) in [7, 11) is 0. The van der Waals surface area contributed by atoms with Crippen molar-refractivity contribution in [1.82, 2.24) is 4.90 Å². The number of hydrogen-bond donors (Lipinski definition) is 0. The van der Waals surface area contributed by atoms with Crippen molar-refractivity contribution in [3.8, 4) is 0 Å². The molecule has 0 radical (unpaired) electrons. The Balaban J connectivity index is 2.82. The van der Waals surface area contributed by atoms with Crippen LogP contribution in [0.2, 0.25) is 0 Å². The zero-order valence-corrected chi connectivity index (χ0v) is 9.13. The van der Waals surface area contributed by atoms with E-state index in [0.29, 0.717) is 6.61 Å². The summed E-state index contributed by atoms with van der Waals surface area (Å²) < 4.78 is 5.05. The van der Waals surface area contributed by atoms with Crippen molar-refractivity contribution < 1.29 is 9.53 Å². The summed E-state index contributed by atoms with van der Waals surface area (Å²) in [5, 5.41) is 0. The molecule has 0 aromatic carbocycles. The van der Waals surface area contributed by atoms with Crippen molar-refractivity contribution in [3.05, 3.63) is 0 Å². The van der Waals surface area contributed by atoms with Crippen LogP contribution >= 0.6 is 0 Å². The lowest BCUT2D eigenvalue weighted by molar-refractivity contribution is 0.130. The van der Waals surface area contributed by atoms with E-state index in [0.717, 1.165) is 0 Å². The van der Waals surface area contributed by atoms with Crippen molar-refractivity contribution in [3.63, 3.8) is 0 Å². The Bertz CT molecular complexity index is 205. The molecule has 1 fully saturated rings. The molecular weight excluding hydrogens is 166 g/mol. The minimum atomic E-state index is -0.171. The average Bonchev–Trinajstić information content (AvgIpc) is 2.28. The molecule has 13 heavy (non-hydrogen) atoms. The minimum Gasteiger partial charge on any atom is -0.447 e. The molecule has 1 rings (SSSR count). The molecule has 0 aromatic rings. The Labute approximate surface area is 80.1 Å². The molecule has 0 aliphatic carbocycles. The molecule has 0 saturated carbocycles. The van der Waals surface area contributed by atoms with Gasteiger partial charge in [0, 0.05) is 6.04 Å². The van der Waals surface area contributed by atoms with Gasteiger partial charge in [0.15, 0.2) is 0 Å². The number of ether oxygens (including phenoxy) is 1. The van der Waals surface area contributed by atoms with Crippen LogP contribution in [0.1, 0.15) is 34.6 Å². The lowest BCUT2D eigenvalue weighted by Crippen LogP contribution is -2.46. The minimum absolute atomic E-state index is 0.0937. The van der Waals surface area contributed by atoms with E-state index in [-0.39, 0.29) is 23.6 Å². The number of nitrogens with zero attached hydrogens (tertiary/aromatic N) is 1. The lowest BCUT2D eigenvalue weighted by Gasteiger charge is -2.34. The third kappa shape index (κ3) is 1.95. The van der Waals surface area contributed by atoms with Gasteiger partial charge >= 0.3 is 6.09 Å². The summed E-state index contributed by atoms with van der Waals surface area (Å²) in [6, 6.07) is 0.430. The molecule has 0 spiro atoms. The monoisotopic (exact) mass is 185 g/mol.